The van der Waals surface area contributed by atoms with E-state index in [4.69, 9.17) is 5.73 Å². The van der Waals surface area contributed by atoms with Crippen LogP contribution in [-0.2, 0) is 11.2 Å². The summed E-state index contributed by atoms with van der Waals surface area (Å²) in [6.07, 6.45) is 1.75. The van der Waals surface area contributed by atoms with Gasteiger partial charge in [0, 0.05) is 17.4 Å². The third-order valence-corrected chi connectivity index (χ3v) is 3.42. The van der Waals surface area contributed by atoms with E-state index >= 15 is 0 Å². The van der Waals surface area contributed by atoms with Crippen LogP contribution in [0, 0.1) is 6.92 Å². The number of nitrogen functional groups attached to an aromatic ring is 1. The highest BCUT2D eigenvalue weighted by atomic mass is 16.4. The van der Waals surface area contributed by atoms with Gasteiger partial charge in [0.1, 0.15) is 5.65 Å². The van der Waals surface area contributed by atoms with Gasteiger partial charge in [0.15, 0.2) is 0 Å². The second-order valence-electron chi connectivity index (χ2n) is 4.99. The van der Waals surface area contributed by atoms with E-state index in [9.17, 15) is 9.90 Å². The van der Waals surface area contributed by atoms with Crippen molar-refractivity contribution in [3.05, 3.63) is 53.9 Å². The number of carboxylic acid groups (broad SMARTS) is 1. The van der Waals surface area contributed by atoms with Crippen LogP contribution in [-0.4, -0.2) is 20.5 Å². The average molecular weight is 281 g/mol. The van der Waals surface area contributed by atoms with Crippen LogP contribution in [0.3, 0.4) is 0 Å². The molecule has 0 aliphatic carbocycles. The maximum atomic E-state index is 11.2. The van der Waals surface area contributed by atoms with Gasteiger partial charge in [-0.15, -0.1) is 0 Å². The first kappa shape index (κ1) is 13.2. The van der Waals surface area contributed by atoms with Crippen LogP contribution in [0.2, 0.25) is 0 Å². The van der Waals surface area contributed by atoms with Gasteiger partial charge >= 0.3 is 5.97 Å². The van der Waals surface area contributed by atoms with E-state index in [2.05, 4.69) is 4.98 Å². The standard InChI is InChI=1S/C16H15N3O2/c1-10-4-3-7-19-13(9-14(20)21)15(18-16(10)19)11-5-2-6-12(17)8-11/h2-8H,9,17H2,1H3,(H,20,21). The Kier molecular flexibility index (Phi) is 3.10. The third-order valence-electron chi connectivity index (χ3n) is 3.42. The highest BCUT2D eigenvalue weighted by Gasteiger charge is 2.17. The van der Waals surface area contributed by atoms with E-state index in [0.717, 1.165) is 16.8 Å². The average Bonchev–Trinajstić information content (AvgIpc) is 2.79. The molecular weight excluding hydrogens is 266 g/mol. The summed E-state index contributed by atoms with van der Waals surface area (Å²) in [6, 6.07) is 11.2. The minimum absolute atomic E-state index is 0.0885. The van der Waals surface area contributed by atoms with Crippen molar-refractivity contribution in [1.29, 1.82) is 0 Å². The summed E-state index contributed by atoms with van der Waals surface area (Å²) < 4.78 is 1.84. The number of fused-ring (bicyclic) bond motifs is 1. The Hall–Kier alpha value is -2.82. The molecule has 3 aromatic rings. The topological polar surface area (TPSA) is 80.6 Å². The summed E-state index contributed by atoms with van der Waals surface area (Å²) in [5.41, 5.74) is 10.4. The second-order valence-corrected chi connectivity index (χ2v) is 4.99. The molecule has 1 aromatic carbocycles. The Bertz CT molecular complexity index is 837. The zero-order chi connectivity index (χ0) is 15.0. The number of anilines is 1. The molecule has 0 saturated carbocycles. The Morgan fingerprint density at radius 1 is 1.33 bits per heavy atom. The Balaban J connectivity index is 2.30. The number of rotatable bonds is 3. The zero-order valence-electron chi connectivity index (χ0n) is 11.6. The highest BCUT2D eigenvalue weighted by Crippen LogP contribution is 2.27. The smallest absolute Gasteiger partial charge is 0.309 e. The maximum absolute atomic E-state index is 11.2. The van der Waals surface area contributed by atoms with E-state index in [1.807, 2.05) is 47.9 Å². The molecule has 21 heavy (non-hydrogen) atoms. The minimum atomic E-state index is -0.886. The monoisotopic (exact) mass is 281 g/mol. The number of nitrogens with zero attached hydrogens (tertiary/aromatic N) is 2. The van der Waals surface area contributed by atoms with Gasteiger partial charge in [-0.2, -0.15) is 0 Å². The summed E-state index contributed by atoms with van der Waals surface area (Å²) in [5.74, 6) is -0.886. The molecule has 2 heterocycles. The molecule has 0 aliphatic rings. The molecular formula is C16H15N3O2. The Morgan fingerprint density at radius 3 is 2.86 bits per heavy atom. The van der Waals surface area contributed by atoms with E-state index < -0.39 is 5.97 Å². The van der Waals surface area contributed by atoms with Crippen molar-refractivity contribution in [1.82, 2.24) is 9.38 Å². The van der Waals surface area contributed by atoms with Crippen molar-refractivity contribution < 1.29 is 9.90 Å². The number of pyridine rings is 1. The molecule has 3 N–H and O–H groups in total. The van der Waals surface area contributed by atoms with Crippen LogP contribution in [0.4, 0.5) is 5.69 Å². The normalized spacial score (nSPS) is 10.9. The second kappa shape index (κ2) is 4.94. The minimum Gasteiger partial charge on any atom is -0.481 e. The molecule has 5 heteroatoms. The lowest BCUT2D eigenvalue weighted by Gasteiger charge is -2.04. The van der Waals surface area contributed by atoms with Crippen LogP contribution >= 0.6 is 0 Å². The number of carbonyl (C=O) groups is 1. The van der Waals surface area contributed by atoms with Crippen molar-refractivity contribution in [3.63, 3.8) is 0 Å². The van der Waals surface area contributed by atoms with E-state index in [0.29, 0.717) is 17.1 Å². The van der Waals surface area contributed by atoms with Crippen LogP contribution in [0.1, 0.15) is 11.3 Å². The molecule has 0 unspecified atom stereocenters. The van der Waals surface area contributed by atoms with Gasteiger partial charge in [0.2, 0.25) is 0 Å². The molecule has 106 valence electrons. The van der Waals surface area contributed by atoms with Gasteiger partial charge in [-0.1, -0.05) is 18.2 Å². The Labute approximate surface area is 121 Å². The molecule has 3 rings (SSSR count). The summed E-state index contributed by atoms with van der Waals surface area (Å²) in [7, 11) is 0. The number of aryl methyl sites for hydroxylation is 1. The van der Waals surface area contributed by atoms with Gasteiger partial charge in [0.05, 0.1) is 17.8 Å². The number of aliphatic carboxylic acids is 1. The lowest BCUT2D eigenvalue weighted by molar-refractivity contribution is -0.136. The molecule has 0 aliphatic heterocycles. The van der Waals surface area contributed by atoms with Crippen molar-refractivity contribution >= 4 is 17.3 Å². The highest BCUT2D eigenvalue weighted by molar-refractivity contribution is 5.77. The van der Waals surface area contributed by atoms with E-state index in [1.165, 1.54) is 0 Å². The van der Waals surface area contributed by atoms with Gasteiger partial charge in [0.25, 0.3) is 0 Å². The van der Waals surface area contributed by atoms with Crippen molar-refractivity contribution in [2.45, 2.75) is 13.3 Å². The van der Waals surface area contributed by atoms with Crippen molar-refractivity contribution in [2.24, 2.45) is 0 Å². The number of hydrogen-bond acceptors (Lipinski definition) is 3. The predicted octanol–water partition coefficient (Wildman–Crippen LogP) is 2.52. The van der Waals surface area contributed by atoms with E-state index in [1.54, 1.807) is 6.07 Å². The fraction of sp³-hybridized carbons (Fsp3) is 0.125. The first-order valence-electron chi connectivity index (χ1n) is 6.60. The fourth-order valence-electron chi connectivity index (χ4n) is 2.48. The lowest BCUT2D eigenvalue weighted by atomic mass is 10.1. The molecule has 2 aromatic heterocycles. The molecule has 0 atom stereocenters. The van der Waals surface area contributed by atoms with Crippen LogP contribution in [0.15, 0.2) is 42.6 Å². The largest absolute Gasteiger partial charge is 0.481 e. The van der Waals surface area contributed by atoms with E-state index in [-0.39, 0.29) is 6.42 Å². The number of aromatic nitrogens is 2. The first-order valence-corrected chi connectivity index (χ1v) is 6.60. The SMILES string of the molecule is Cc1cccn2c(CC(=O)O)c(-c3cccc(N)c3)nc12. The molecule has 0 radical (unpaired) electrons. The number of carboxylic acids is 1. The zero-order valence-corrected chi connectivity index (χ0v) is 11.6. The third kappa shape index (κ3) is 2.33. The number of imidazole rings is 1. The van der Waals surface area contributed by atoms with Crippen LogP contribution < -0.4 is 5.73 Å². The predicted molar refractivity (Wildman–Crippen MR) is 81.1 cm³/mol. The molecule has 5 nitrogen and oxygen atoms in total. The summed E-state index contributed by atoms with van der Waals surface area (Å²) >= 11 is 0. The maximum Gasteiger partial charge on any atom is 0.309 e. The van der Waals surface area contributed by atoms with Crippen LogP contribution in [0.5, 0.6) is 0 Å². The molecule has 0 spiro atoms. The van der Waals surface area contributed by atoms with Gasteiger partial charge < -0.3 is 15.2 Å². The van der Waals surface area contributed by atoms with Crippen LogP contribution in [0.25, 0.3) is 16.9 Å². The molecule has 0 fully saturated rings. The quantitative estimate of drug-likeness (QED) is 0.723. The molecule has 0 amide bonds. The fourth-order valence-corrected chi connectivity index (χ4v) is 2.48. The lowest BCUT2D eigenvalue weighted by Crippen LogP contribution is -2.04. The molecule has 0 saturated heterocycles. The summed E-state index contributed by atoms with van der Waals surface area (Å²) in [6.45, 7) is 1.95. The van der Waals surface area contributed by atoms with Gasteiger partial charge in [-0.25, -0.2) is 4.98 Å². The van der Waals surface area contributed by atoms with Crippen molar-refractivity contribution in [3.8, 4) is 11.3 Å². The Morgan fingerprint density at radius 2 is 2.14 bits per heavy atom. The summed E-state index contributed by atoms with van der Waals surface area (Å²) in [4.78, 5) is 15.8. The van der Waals surface area contributed by atoms with Gasteiger partial charge in [-0.3, -0.25) is 4.79 Å². The summed E-state index contributed by atoms with van der Waals surface area (Å²) in [5, 5.41) is 9.17. The number of hydrogen-bond donors (Lipinski definition) is 2. The van der Waals surface area contributed by atoms with Crippen molar-refractivity contribution in [2.75, 3.05) is 5.73 Å². The first-order chi connectivity index (χ1) is 10.1. The van der Waals surface area contributed by atoms with Gasteiger partial charge in [-0.05, 0) is 30.7 Å². The number of benzene rings is 1. The molecule has 0 bridgehead atoms. The number of nitrogens with two attached hydrogens (primary N) is 1.